The summed E-state index contributed by atoms with van der Waals surface area (Å²) < 4.78 is 7.23. The Hall–Kier alpha value is -3.87. The van der Waals surface area contributed by atoms with Gasteiger partial charge in [-0.25, -0.2) is 0 Å². The molecule has 1 unspecified atom stereocenters. The number of likely N-dealkylation sites (N-methyl/N-ethyl adjacent to an activating group) is 1. The van der Waals surface area contributed by atoms with Crippen LogP contribution in [0.4, 0.5) is 17.6 Å². The van der Waals surface area contributed by atoms with Gasteiger partial charge < -0.3 is 30.9 Å². The zero-order chi connectivity index (χ0) is 31.1. The summed E-state index contributed by atoms with van der Waals surface area (Å²) in [4.78, 5) is 38.4. The highest BCUT2D eigenvalue weighted by Crippen LogP contribution is 2.26. The van der Waals surface area contributed by atoms with Crippen LogP contribution < -0.4 is 21.3 Å². The van der Waals surface area contributed by atoms with Crippen LogP contribution in [0.15, 0.2) is 36.5 Å². The van der Waals surface area contributed by atoms with Crippen molar-refractivity contribution in [2.24, 2.45) is 0 Å². The Bertz CT molecular complexity index is 1470. The summed E-state index contributed by atoms with van der Waals surface area (Å²) in [5, 5.41) is 17.8. The third-order valence-corrected chi connectivity index (χ3v) is 8.03. The number of ketones is 1. The van der Waals surface area contributed by atoms with Gasteiger partial charge in [-0.2, -0.15) is 19.6 Å². The van der Waals surface area contributed by atoms with Crippen molar-refractivity contribution in [2.75, 3.05) is 56.3 Å². The Morgan fingerprint density at radius 2 is 1.98 bits per heavy atom. The van der Waals surface area contributed by atoms with Crippen LogP contribution in [-0.2, 0) is 16.1 Å². The number of hydrogen-bond donors (Lipinski definition) is 4. The van der Waals surface area contributed by atoms with Gasteiger partial charge in [0.15, 0.2) is 11.4 Å². The molecule has 4 N–H and O–H groups in total. The van der Waals surface area contributed by atoms with Crippen LogP contribution >= 0.6 is 0 Å². The lowest BCUT2D eigenvalue weighted by Crippen LogP contribution is -2.43. The van der Waals surface area contributed by atoms with Gasteiger partial charge in [-0.05, 0) is 69.9 Å². The molecule has 2 aromatic heterocycles. The molecule has 4 heterocycles. The normalized spacial score (nSPS) is 17.9. The number of carbonyl (C=O) groups excluding carboxylic acids is 2. The number of nitrogens with zero attached hydrogens (tertiary/aromatic N) is 5. The van der Waals surface area contributed by atoms with Gasteiger partial charge in [-0.3, -0.25) is 9.59 Å². The number of rotatable bonds is 12. The molecule has 2 fully saturated rings. The van der Waals surface area contributed by atoms with Crippen LogP contribution in [0.2, 0.25) is 0 Å². The Kier molecular flexibility index (Phi) is 10.6. The molecule has 3 aromatic rings. The van der Waals surface area contributed by atoms with E-state index >= 15 is 0 Å². The Morgan fingerprint density at radius 3 is 2.70 bits per heavy atom. The molecule has 2 aliphatic rings. The second-order valence-electron chi connectivity index (χ2n) is 12.1. The van der Waals surface area contributed by atoms with Gasteiger partial charge in [0.2, 0.25) is 17.8 Å². The maximum atomic E-state index is 13.6. The highest BCUT2D eigenvalue weighted by Gasteiger charge is 2.24. The summed E-state index contributed by atoms with van der Waals surface area (Å²) in [6.07, 6.45) is 9.84. The number of ether oxygens (including phenoxy) is 1. The first kappa shape index (κ1) is 31.6. The summed E-state index contributed by atoms with van der Waals surface area (Å²) in [6.45, 7) is 7.36. The molecule has 0 radical (unpaired) electrons. The second kappa shape index (κ2) is 14.7. The number of nitrogens with one attached hydrogen (secondary N) is 4. The molecule has 236 valence electrons. The molecule has 1 amide bonds. The number of benzene rings is 1. The molecule has 0 spiro atoms. The van der Waals surface area contributed by atoms with Gasteiger partial charge in [0.1, 0.15) is 0 Å². The van der Waals surface area contributed by atoms with Crippen LogP contribution in [0, 0.1) is 0 Å². The first-order valence-electron chi connectivity index (χ1n) is 15.7. The van der Waals surface area contributed by atoms with Crippen molar-refractivity contribution in [3.05, 3.63) is 53.2 Å². The lowest BCUT2D eigenvalue weighted by atomic mass is 9.99. The third kappa shape index (κ3) is 7.79. The van der Waals surface area contributed by atoms with Crippen molar-refractivity contribution in [1.29, 1.82) is 0 Å². The minimum absolute atomic E-state index is 0.125. The van der Waals surface area contributed by atoms with Crippen molar-refractivity contribution < 1.29 is 14.3 Å². The fraction of sp³-hybridized carbons (Fsp3) is 0.531. The molecule has 0 saturated carbocycles. The Morgan fingerprint density at radius 1 is 1.16 bits per heavy atom. The summed E-state index contributed by atoms with van der Waals surface area (Å²) in [5.74, 6) is 0.965. The number of hydrogen-bond acceptors (Lipinski definition) is 10. The van der Waals surface area contributed by atoms with E-state index in [9.17, 15) is 9.59 Å². The van der Waals surface area contributed by atoms with Crippen LogP contribution in [0.5, 0.6) is 0 Å². The standard InChI is InChI=1S/C32H45N9O3/c1-21(2)24-20-35-41-29(24)38-31(36-23-13-17-44-18-14-23)39-32(41)34-19-22-9-7-11-25(28(22)27(42)12-8-16-40(3)4)37-30(43)26-10-5-6-15-33-26/h7-9,11-12,20-21,23,26,33H,5-6,10,13-19H2,1-4H3,(H,37,43)(H2,34,36,38,39)/b12-8+. The lowest BCUT2D eigenvalue weighted by Gasteiger charge is -2.24. The Balaban J connectivity index is 1.45. The molecule has 5 rings (SSSR count). The van der Waals surface area contributed by atoms with Gasteiger partial charge >= 0.3 is 0 Å². The molecule has 1 aromatic carbocycles. The summed E-state index contributed by atoms with van der Waals surface area (Å²) in [5.41, 5.74) is 3.44. The highest BCUT2D eigenvalue weighted by atomic mass is 16.5. The van der Waals surface area contributed by atoms with Crippen LogP contribution in [0.25, 0.3) is 5.65 Å². The molecule has 0 aliphatic carbocycles. The molecular formula is C32H45N9O3. The monoisotopic (exact) mass is 603 g/mol. The van der Waals surface area contributed by atoms with E-state index in [1.165, 1.54) is 0 Å². The number of amides is 1. The van der Waals surface area contributed by atoms with Crippen LogP contribution in [0.1, 0.15) is 73.4 Å². The molecule has 44 heavy (non-hydrogen) atoms. The predicted octanol–water partition coefficient (Wildman–Crippen LogP) is 3.83. The quantitative estimate of drug-likeness (QED) is 0.179. The second-order valence-corrected chi connectivity index (χ2v) is 12.1. The first-order valence-corrected chi connectivity index (χ1v) is 15.7. The molecule has 12 heteroatoms. The SMILES string of the molecule is CC(C)c1cnn2c(NCc3cccc(NC(=O)C4CCCCN4)c3C(=O)/C=C/CN(C)C)nc(NC3CCOCC3)nc12. The smallest absolute Gasteiger partial charge is 0.241 e. The lowest BCUT2D eigenvalue weighted by molar-refractivity contribution is -0.118. The van der Waals surface area contributed by atoms with Gasteiger partial charge in [0, 0.05) is 37.9 Å². The van der Waals surface area contributed by atoms with Gasteiger partial charge in [-0.15, -0.1) is 0 Å². The van der Waals surface area contributed by atoms with E-state index in [1.807, 2.05) is 43.4 Å². The fourth-order valence-corrected chi connectivity index (χ4v) is 5.57. The van der Waals surface area contributed by atoms with E-state index in [1.54, 1.807) is 16.7 Å². The third-order valence-electron chi connectivity index (χ3n) is 8.03. The average molecular weight is 604 g/mol. The zero-order valence-corrected chi connectivity index (χ0v) is 26.2. The summed E-state index contributed by atoms with van der Waals surface area (Å²) >= 11 is 0. The topological polar surface area (TPSA) is 138 Å². The number of fused-ring (bicyclic) bond motifs is 1. The van der Waals surface area contributed by atoms with E-state index in [0.29, 0.717) is 42.9 Å². The van der Waals surface area contributed by atoms with E-state index < -0.39 is 0 Å². The largest absolute Gasteiger partial charge is 0.381 e. The number of anilines is 3. The van der Waals surface area contributed by atoms with Crippen molar-refractivity contribution in [2.45, 2.75) is 70.5 Å². The molecule has 0 bridgehead atoms. The minimum atomic E-state index is -0.274. The minimum Gasteiger partial charge on any atom is -0.381 e. The van der Waals surface area contributed by atoms with E-state index in [2.05, 4.69) is 40.2 Å². The van der Waals surface area contributed by atoms with Gasteiger partial charge in [0.05, 0.1) is 23.5 Å². The molecular weight excluding hydrogens is 558 g/mol. The van der Waals surface area contributed by atoms with Gasteiger partial charge in [-0.1, -0.05) is 38.5 Å². The van der Waals surface area contributed by atoms with Crippen molar-refractivity contribution in [1.82, 2.24) is 29.8 Å². The molecule has 2 saturated heterocycles. The van der Waals surface area contributed by atoms with E-state index in [4.69, 9.17) is 14.7 Å². The molecule has 1 atom stereocenters. The zero-order valence-electron chi connectivity index (χ0n) is 26.2. The first-order chi connectivity index (χ1) is 21.3. The maximum absolute atomic E-state index is 13.6. The van der Waals surface area contributed by atoms with Crippen LogP contribution in [0.3, 0.4) is 0 Å². The van der Waals surface area contributed by atoms with E-state index in [0.717, 1.165) is 55.4 Å². The number of aromatic nitrogens is 4. The Labute approximate surface area is 259 Å². The summed E-state index contributed by atoms with van der Waals surface area (Å²) in [6, 6.07) is 5.50. The van der Waals surface area contributed by atoms with Gasteiger partial charge in [0.25, 0.3) is 0 Å². The number of piperidine rings is 1. The molecule has 12 nitrogen and oxygen atoms in total. The number of carbonyl (C=O) groups is 2. The summed E-state index contributed by atoms with van der Waals surface area (Å²) in [7, 11) is 3.90. The van der Waals surface area contributed by atoms with Crippen molar-refractivity contribution >= 4 is 34.9 Å². The van der Waals surface area contributed by atoms with Crippen LogP contribution in [-0.4, -0.2) is 88.7 Å². The van der Waals surface area contributed by atoms with Crippen molar-refractivity contribution in [3.63, 3.8) is 0 Å². The molecule has 2 aliphatic heterocycles. The highest BCUT2D eigenvalue weighted by molar-refractivity contribution is 6.12. The van der Waals surface area contributed by atoms with E-state index in [-0.39, 0.29) is 36.2 Å². The maximum Gasteiger partial charge on any atom is 0.241 e. The number of allylic oxidation sites excluding steroid dienone is 1. The average Bonchev–Trinajstić information content (AvgIpc) is 3.45. The fourth-order valence-electron chi connectivity index (χ4n) is 5.57. The van der Waals surface area contributed by atoms with Crippen molar-refractivity contribution in [3.8, 4) is 0 Å². The predicted molar refractivity (Wildman–Crippen MR) is 172 cm³/mol.